The Morgan fingerprint density at radius 3 is 2.46 bits per heavy atom. The largest absolute Gasteiger partial charge is 0.496 e. The molecule has 0 saturated carbocycles. The highest BCUT2D eigenvalue weighted by molar-refractivity contribution is 5.96. The fraction of sp³-hybridized carbons (Fsp3) is 0.222. The Kier molecular flexibility index (Phi) is 6.31. The molecule has 0 aromatic heterocycles. The van der Waals surface area contributed by atoms with Crippen molar-refractivity contribution < 1.29 is 18.7 Å². The van der Waals surface area contributed by atoms with Gasteiger partial charge in [-0.05, 0) is 30.3 Å². The van der Waals surface area contributed by atoms with Gasteiger partial charge in [-0.3, -0.25) is 4.79 Å². The van der Waals surface area contributed by atoms with Crippen LogP contribution in [0.15, 0.2) is 48.5 Å². The quantitative estimate of drug-likeness (QED) is 0.767. The Hall–Kier alpha value is -2.89. The summed E-state index contributed by atoms with van der Waals surface area (Å²) >= 11 is 0. The molecule has 0 radical (unpaired) electrons. The lowest BCUT2D eigenvalue weighted by molar-refractivity contribution is 0.0983. The van der Waals surface area contributed by atoms with E-state index in [0.29, 0.717) is 17.9 Å². The van der Waals surface area contributed by atoms with Gasteiger partial charge in [0.2, 0.25) is 0 Å². The highest BCUT2D eigenvalue weighted by atomic mass is 19.1. The third-order valence-corrected chi connectivity index (χ3v) is 3.44. The number of hydrogen-bond donors (Lipinski definition) is 2. The van der Waals surface area contributed by atoms with E-state index < -0.39 is 0 Å². The van der Waals surface area contributed by atoms with E-state index in [2.05, 4.69) is 10.6 Å². The molecule has 0 aliphatic carbocycles. The fourth-order valence-corrected chi connectivity index (χ4v) is 2.16. The summed E-state index contributed by atoms with van der Waals surface area (Å²) in [7, 11) is 1.57. The molecule has 2 rings (SSSR count). The standard InChI is InChI=1S/C18H19FN2O3/c1-24-17-5-3-2-4-14(17)12-21-18(23)20-11-10-16(22)13-6-8-15(19)9-7-13/h2-9H,10-12H2,1H3,(H2,20,21,23). The number of para-hydroxylation sites is 1. The lowest BCUT2D eigenvalue weighted by Gasteiger charge is -2.10. The summed E-state index contributed by atoms with van der Waals surface area (Å²) in [4.78, 5) is 23.6. The van der Waals surface area contributed by atoms with Gasteiger partial charge < -0.3 is 15.4 Å². The Bertz CT molecular complexity index is 702. The van der Waals surface area contributed by atoms with Crippen molar-refractivity contribution >= 4 is 11.8 Å². The minimum Gasteiger partial charge on any atom is -0.496 e. The first-order valence-corrected chi connectivity index (χ1v) is 7.52. The minimum atomic E-state index is -0.389. The number of urea groups is 1. The van der Waals surface area contributed by atoms with Gasteiger partial charge in [0.05, 0.1) is 7.11 Å². The van der Waals surface area contributed by atoms with Crippen molar-refractivity contribution in [2.24, 2.45) is 0 Å². The van der Waals surface area contributed by atoms with Crippen molar-refractivity contribution in [3.63, 3.8) is 0 Å². The number of carbonyl (C=O) groups is 2. The minimum absolute atomic E-state index is 0.147. The molecule has 2 aromatic carbocycles. The molecule has 5 nitrogen and oxygen atoms in total. The number of halogens is 1. The molecule has 0 fully saturated rings. The number of nitrogens with one attached hydrogen (secondary N) is 2. The topological polar surface area (TPSA) is 67.4 Å². The number of Topliss-reactive ketones (excluding diaryl/α,β-unsaturated/α-hetero) is 1. The summed E-state index contributed by atoms with van der Waals surface area (Å²) in [6.07, 6.45) is 0.147. The van der Waals surface area contributed by atoms with Gasteiger partial charge >= 0.3 is 6.03 Å². The van der Waals surface area contributed by atoms with E-state index in [-0.39, 0.29) is 30.6 Å². The summed E-state index contributed by atoms with van der Waals surface area (Å²) in [6.45, 7) is 0.524. The Morgan fingerprint density at radius 2 is 1.75 bits per heavy atom. The molecule has 0 heterocycles. The van der Waals surface area contributed by atoms with Crippen molar-refractivity contribution in [2.45, 2.75) is 13.0 Å². The van der Waals surface area contributed by atoms with E-state index in [1.165, 1.54) is 24.3 Å². The van der Waals surface area contributed by atoms with E-state index in [0.717, 1.165) is 5.56 Å². The van der Waals surface area contributed by atoms with Crippen LogP contribution >= 0.6 is 0 Å². The summed E-state index contributed by atoms with van der Waals surface area (Å²) in [6, 6.07) is 12.4. The van der Waals surface area contributed by atoms with Crippen LogP contribution in [0.1, 0.15) is 22.3 Å². The number of rotatable bonds is 7. The number of methoxy groups -OCH3 is 1. The molecule has 24 heavy (non-hydrogen) atoms. The number of amides is 2. The van der Waals surface area contributed by atoms with Crippen LogP contribution in [0, 0.1) is 5.82 Å². The van der Waals surface area contributed by atoms with Crippen molar-refractivity contribution in [1.82, 2.24) is 10.6 Å². The Balaban J connectivity index is 1.73. The maximum Gasteiger partial charge on any atom is 0.315 e. The Labute approximate surface area is 139 Å². The van der Waals surface area contributed by atoms with Crippen LogP contribution in [-0.4, -0.2) is 25.5 Å². The van der Waals surface area contributed by atoms with Gasteiger partial charge in [0.25, 0.3) is 0 Å². The first-order valence-electron chi connectivity index (χ1n) is 7.52. The molecule has 0 bridgehead atoms. The number of carbonyl (C=O) groups excluding carboxylic acids is 2. The molecule has 0 aliphatic rings. The van der Waals surface area contributed by atoms with Crippen molar-refractivity contribution in [1.29, 1.82) is 0 Å². The highest BCUT2D eigenvalue weighted by Crippen LogP contribution is 2.16. The zero-order chi connectivity index (χ0) is 17.4. The normalized spacial score (nSPS) is 10.1. The van der Waals surface area contributed by atoms with Gasteiger partial charge in [0.15, 0.2) is 5.78 Å². The monoisotopic (exact) mass is 330 g/mol. The van der Waals surface area contributed by atoms with E-state index in [4.69, 9.17) is 4.74 Å². The number of hydrogen-bond acceptors (Lipinski definition) is 3. The number of ketones is 1. The molecule has 2 amide bonds. The van der Waals surface area contributed by atoms with Gasteiger partial charge in [0, 0.05) is 30.6 Å². The van der Waals surface area contributed by atoms with Crippen LogP contribution in [0.4, 0.5) is 9.18 Å². The van der Waals surface area contributed by atoms with Gasteiger partial charge in [-0.1, -0.05) is 18.2 Å². The molecular weight excluding hydrogens is 311 g/mol. The third kappa shape index (κ3) is 5.08. The molecular formula is C18H19FN2O3. The average Bonchev–Trinajstić information content (AvgIpc) is 2.60. The lowest BCUT2D eigenvalue weighted by atomic mass is 10.1. The smallest absolute Gasteiger partial charge is 0.315 e. The molecule has 0 unspecified atom stereocenters. The van der Waals surface area contributed by atoms with E-state index in [9.17, 15) is 14.0 Å². The zero-order valence-electron chi connectivity index (χ0n) is 13.3. The van der Waals surface area contributed by atoms with E-state index in [1.807, 2.05) is 24.3 Å². The van der Waals surface area contributed by atoms with Gasteiger partial charge in [-0.15, -0.1) is 0 Å². The second-order valence-electron chi connectivity index (χ2n) is 5.10. The van der Waals surface area contributed by atoms with Gasteiger partial charge in [-0.2, -0.15) is 0 Å². The molecule has 2 aromatic rings. The second kappa shape index (κ2) is 8.67. The second-order valence-corrected chi connectivity index (χ2v) is 5.10. The average molecular weight is 330 g/mol. The maximum absolute atomic E-state index is 12.8. The van der Waals surface area contributed by atoms with Crippen LogP contribution in [0.5, 0.6) is 5.75 Å². The molecule has 0 atom stereocenters. The number of ether oxygens (including phenoxy) is 1. The zero-order valence-corrected chi connectivity index (χ0v) is 13.3. The summed E-state index contributed by atoms with van der Waals surface area (Å²) < 4.78 is 18.0. The van der Waals surface area contributed by atoms with Crippen molar-refractivity contribution in [2.75, 3.05) is 13.7 Å². The van der Waals surface area contributed by atoms with Gasteiger partial charge in [0.1, 0.15) is 11.6 Å². The van der Waals surface area contributed by atoms with Crippen LogP contribution in [-0.2, 0) is 6.54 Å². The molecule has 0 saturated heterocycles. The fourth-order valence-electron chi connectivity index (χ4n) is 2.16. The summed E-state index contributed by atoms with van der Waals surface area (Å²) in [5.74, 6) is 0.157. The Morgan fingerprint density at radius 1 is 1.04 bits per heavy atom. The van der Waals surface area contributed by atoms with Crippen LogP contribution < -0.4 is 15.4 Å². The van der Waals surface area contributed by atoms with E-state index >= 15 is 0 Å². The number of benzene rings is 2. The summed E-state index contributed by atoms with van der Waals surface area (Å²) in [5, 5.41) is 5.32. The predicted octanol–water partition coefficient (Wildman–Crippen LogP) is 2.91. The van der Waals surface area contributed by atoms with Crippen LogP contribution in [0.3, 0.4) is 0 Å². The molecule has 0 aliphatic heterocycles. The molecule has 6 heteroatoms. The maximum atomic E-state index is 12.8. The van der Waals surface area contributed by atoms with E-state index in [1.54, 1.807) is 7.11 Å². The SMILES string of the molecule is COc1ccccc1CNC(=O)NCCC(=O)c1ccc(F)cc1. The molecule has 2 N–H and O–H groups in total. The van der Waals surface area contributed by atoms with Crippen LogP contribution in [0.2, 0.25) is 0 Å². The molecule has 0 spiro atoms. The van der Waals surface area contributed by atoms with Gasteiger partial charge in [-0.25, -0.2) is 9.18 Å². The van der Waals surface area contributed by atoms with Crippen LogP contribution in [0.25, 0.3) is 0 Å². The highest BCUT2D eigenvalue weighted by Gasteiger charge is 2.08. The third-order valence-electron chi connectivity index (χ3n) is 3.44. The van der Waals surface area contributed by atoms with Crippen molar-refractivity contribution in [3.8, 4) is 5.75 Å². The predicted molar refractivity (Wildman–Crippen MR) is 88.6 cm³/mol. The molecule has 126 valence electrons. The first-order chi connectivity index (χ1) is 11.6. The van der Waals surface area contributed by atoms with Crippen molar-refractivity contribution in [3.05, 3.63) is 65.5 Å². The summed E-state index contributed by atoms with van der Waals surface area (Å²) in [5.41, 5.74) is 1.28. The lowest BCUT2D eigenvalue weighted by Crippen LogP contribution is -2.36. The first kappa shape index (κ1) is 17.5.